The molecule has 62 heavy (non-hydrogen) atoms. The Bertz CT molecular complexity index is 3610. The molecule has 5 heteroatoms. The highest BCUT2D eigenvalue weighted by Crippen LogP contribution is 2.41. The number of hydrogen-bond donors (Lipinski definition) is 0. The van der Waals surface area contributed by atoms with Crippen LogP contribution in [0.5, 0.6) is 0 Å². The van der Waals surface area contributed by atoms with Crippen LogP contribution in [-0.2, 0) is 0 Å². The van der Waals surface area contributed by atoms with E-state index in [-0.39, 0.29) is 0 Å². The monoisotopic (exact) mass is 793 g/mol. The first-order valence-corrected chi connectivity index (χ1v) is 20.7. The first kappa shape index (κ1) is 35.5. The maximum Gasteiger partial charge on any atom is 0.164 e. The van der Waals surface area contributed by atoms with Crippen LogP contribution >= 0.6 is 0 Å². The Hall–Kier alpha value is -8.41. The predicted molar refractivity (Wildman–Crippen MR) is 252 cm³/mol. The lowest BCUT2D eigenvalue weighted by Gasteiger charge is -2.11. The summed E-state index contributed by atoms with van der Waals surface area (Å²) in [5, 5.41) is 3.90. The van der Waals surface area contributed by atoms with Crippen molar-refractivity contribution in [1.82, 2.24) is 15.0 Å². The molecule has 0 aliphatic heterocycles. The molecule has 0 amide bonds. The number of furan rings is 2. The Morgan fingerprint density at radius 3 is 1.10 bits per heavy atom. The summed E-state index contributed by atoms with van der Waals surface area (Å²) in [6.07, 6.45) is 0. The van der Waals surface area contributed by atoms with Crippen molar-refractivity contribution in [2.24, 2.45) is 0 Å². The molecule has 0 saturated heterocycles. The lowest BCUT2D eigenvalue weighted by molar-refractivity contribution is 0.668. The number of rotatable bonds is 7. The van der Waals surface area contributed by atoms with Crippen LogP contribution in [0, 0.1) is 0 Å². The molecule has 0 saturated carbocycles. The van der Waals surface area contributed by atoms with Gasteiger partial charge < -0.3 is 8.83 Å². The zero-order valence-electron chi connectivity index (χ0n) is 33.4. The molecule has 0 spiro atoms. The van der Waals surface area contributed by atoms with Crippen LogP contribution in [0.1, 0.15) is 0 Å². The van der Waals surface area contributed by atoms with Crippen LogP contribution in [0.2, 0.25) is 0 Å². The third-order valence-electron chi connectivity index (χ3n) is 11.8. The molecule has 290 valence electrons. The highest BCUT2D eigenvalue weighted by atomic mass is 16.3. The number of hydrogen-bond acceptors (Lipinski definition) is 5. The van der Waals surface area contributed by atoms with E-state index < -0.39 is 0 Å². The van der Waals surface area contributed by atoms with E-state index in [0.29, 0.717) is 17.5 Å². The third kappa shape index (κ3) is 6.23. The standard InChI is InChI=1S/C57H35N3O2/c1-4-13-36(14-5-1)39-25-27-40(28-26-39)43-30-32-50-48(35-43)54-46(22-12-24-52(54)62-50)57-59-55(44-20-10-19-41(33-44)37-15-6-2-7-16-37)58-56(60-57)45-21-11-23-51-53(45)47-34-42(29-31-49(47)61-51)38-17-8-3-9-18-38/h1-35H. The van der Waals surface area contributed by atoms with Gasteiger partial charge in [0.15, 0.2) is 17.5 Å². The number of nitrogens with zero attached hydrogens (tertiary/aromatic N) is 3. The minimum Gasteiger partial charge on any atom is -0.456 e. The number of aromatic nitrogens is 3. The van der Waals surface area contributed by atoms with Crippen LogP contribution in [0.4, 0.5) is 0 Å². The summed E-state index contributed by atoms with van der Waals surface area (Å²) in [7, 11) is 0. The minimum absolute atomic E-state index is 0.552. The van der Waals surface area contributed by atoms with Gasteiger partial charge in [-0.2, -0.15) is 0 Å². The molecule has 0 fully saturated rings. The average molecular weight is 794 g/mol. The fourth-order valence-corrected chi connectivity index (χ4v) is 8.72. The lowest BCUT2D eigenvalue weighted by atomic mass is 9.98. The Kier molecular flexibility index (Phi) is 8.42. The maximum atomic E-state index is 6.54. The average Bonchev–Trinajstić information content (AvgIpc) is 3.93. The van der Waals surface area contributed by atoms with Crippen molar-refractivity contribution >= 4 is 43.9 Å². The molecule has 0 N–H and O–H groups in total. The molecular weight excluding hydrogens is 759 g/mol. The molecule has 9 aromatic carbocycles. The van der Waals surface area contributed by atoms with Crippen LogP contribution < -0.4 is 0 Å². The third-order valence-corrected chi connectivity index (χ3v) is 11.8. The summed E-state index contributed by atoms with van der Waals surface area (Å²) in [5.41, 5.74) is 14.8. The number of benzene rings is 9. The van der Waals surface area contributed by atoms with E-state index in [1.54, 1.807) is 0 Å². The molecule has 3 aromatic heterocycles. The molecule has 12 aromatic rings. The van der Waals surface area contributed by atoms with Crippen molar-refractivity contribution in [3.05, 3.63) is 212 Å². The van der Waals surface area contributed by atoms with Gasteiger partial charge in [-0.15, -0.1) is 0 Å². The Balaban J connectivity index is 1.06. The molecule has 3 heterocycles. The molecule has 0 aliphatic carbocycles. The Labute approximate surface area is 357 Å². The van der Waals surface area contributed by atoms with Gasteiger partial charge in [0.25, 0.3) is 0 Å². The van der Waals surface area contributed by atoms with E-state index in [0.717, 1.165) is 93.9 Å². The second kappa shape index (κ2) is 14.7. The smallest absolute Gasteiger partial charge is 0.164 e. The molecular formula is C57H35N3O2. The van der Waals surface area contributed by atoms with Gasteiger partial charge in [-0.1, -0.05) is 170 Å². The minimum atomic E-state index is 0.552. The zero-order valence-corrected chi connectivity index (χ0v) is 33.4. The first-order chi connectivity index (χ1) is 30.7. The van der Waals surface area contributed by atoms with E-state index in [1.807, 2.05) is 42.5 Å². The summed E-state index contributed by atoms with van der Waals surface area (Å²) in [5.74, 6) is 1.68. The maximum absolute atomic E-state index is 6.54. The molecule has 12 rings (SSSR count). The molecule has 0 atom stereocenters. The second-order valence-corrected chi connectivity index (χ2v) is 15.5. The summed E-state index contributed by atoms with van der Waals surface area (Å²) < 4.78 is 13.0. The van der Waals surface area contributed by atoms with Crippen LogP contribution in [0.3, 0.4) is 0 Å². The van der Waals surface area contributed by atoms with Crippen molar-refractivity contribution in [1.29, 1.82) is 0 Å². The van der Waals surface area contributed by atoms with Gasteiger partial charge in [0.1, 0.15) is 22.3 Å². The van der Waals surface area contributed by atoms with E-state index in [1.165, 1.54) is 11.1 Å². The summed E-state index contributed by atoms with van der Waals surface area (Å²) >= 11 is 0. The van der Waals surface area contributed by atoms with Crippen LogP contribution in [0.25, 0.3) is 123 Å². The molecule has 0 bridgehead atoms. The van der Waals surface area contributed by atoms with Crippen molar-refractivity contribution in [3.63, 3.8) is 0 Å². The molecule has 0 aliphatic rings. The molecule has 5 nitrogen and oxygen atoms in total. The number of fused-ring (bicyclic) bond motifs is 6. The van der Waals surface area contributed by atoms with Crippen molar-refractivity contribution in [2.45, 2.75) is 0 Å². The van der Waals surface area contributed by atoms with Gasteiger partial charge in [0.2, 0.25) is 0 Å². The highest BCUT2D eigenvalue weighted by molar-refractivity contribution is 6.14. The highest BCUT2D eigenvalue weighted by Gasteiger charge is 2.21. The Morgan fingerprint density at radius 1 is 0.242 bits per heavy atom. The van der Waals surface area contributed by atoms with E-state index in [9.17, 15) is 0 Å². The van der Waals surface area contributed by atoms with E-state index in [4.69, 9.17) is 23.8 Å². The van der Waals surface area contributed by atoms with Gasteiger partial charge in [0, 0.05) is 38.2 Å². The lowest BCUT2D eigenvalue weighted by Crippen LogP contribution is -2.01. The fraction of sp³-hybridized carbons (Fsp3) is 0. The quantitative estimate of drug-likeness (QED) is 0.161. The van der Waals surface area contributed by atoms with E-state index >= 15 is 0 Å². The van der Waals surface area contributed by atoms with Gasteiger partial charge in [-0.25, -0.2) is 15.0 Å². The summed E-state index contributed by atoms with van der Waals surface area (Å²) in [6, 6.07) is 73.4. The largest absolute Gasteiger partial charge is 0.456 e. The molecule has 0 unspecified atom stereocenters. The van der Waals surface area contributed by atoms with Crippen molar-refractivity contribution < 1.29 is 8.83 Å². The molecule has 0 radical (unpaired) electrons. The summed E-state index contributed by atoms with van der Waals surface area (Å²) in [4.78, 5) is 15.9. The van der Waals surface area contributed by atoms with Crippen molar-refractivity contribution in [3.8, 4) is 78.7 Å². The second-order valence-electron chi connectivity index (χ2n) is 15.5. The topological polar surface area (TPSA) is 65.0 Å². The first-order valence-electron chi connectivity index (χ1n) is 20.7. The van der Waals surface area contributed by atoms with Gasteiger partial charge in [0.05, 0.1) is 0 Å². The van der Waals surface area contributed by atoms with Crippen molar-refractivity contribution in [2.75, 3.05) is 0 Å². The Morgan fingerprint density at radius 2 is 0.597 bits per heavy atom. The zero-order chi connectivity index (χ0) is 41.0. The van der Waals surface area contributed by atoms with Crippen LogP contribution in [-0.4, -0.2) is 15.0 Å². The van der Waals surface area contributed by atoms with E-state index in [2.05, 4.69) is 170 Å². The normalized spacial score (nSPS) is 11.5. The van der Waals surface area contributed by atoms with Gasteiger partial charge in [-0.3, -0.25) is 0 Å². The van der Waals surface area contributed by atoms with Gasteiger partial charge in [-0.05, 0) is 87.0 Å². The predicted octanol–water partition coefficient (Wildman–Crippen LogP) is 15.3. The fourth-order valence-electron chi connectivity index (χ4n) is 8.72. The SMILES string of the molecule is c1ccc(-c2ccc(-c3ccc4oc5cccc(-c6nc(-c7cccc(-c8ccccc8)c7)nc(-c7cccc8oc9ccc(-c%10ccccc%10)cc9c78)n6)c5c4c3)cc2)cc1. The van der Waals surface area contributed by atoms with Gasteiger partial charge >= 0.3 is 0 Å². The van der Waals surface area contributed by atoms with Crippen LogP contribution in [0.15, 0.2) is 221 Å². The summed E-state index contributed by atoms with van der Waals surface area (Å²) in [6.45, 7) is 0.